The Bertz CT molecular complexity index is 502. The van der Waals surface area contributed by atoms with E-state index in [0.29, 0.717) is 0 Å². The molecule has 0 aliphatic heterocycles. The monoisotopic (exact) mass is 323 g/mol. The van der Waals surface area contributed by atoms with Gasteiger partial charge >= 0.3 is 0 Å². The van der Waals surface area contributed by atoms with Gasteiger partial charge < -0.3 is 5.11 Å². The van der Waals surface area contributed by atoms with E-state index in [-0.39, 0.29) is 12.5 Å². The number of aromatic nitrogens is 3. The summed E-state index contributed by atoms with van der Waals surface area (Å²) in [5.74, 6) is -0.0342. The highest BCUT2D eigenvalue weighted by Gasteiger charge is 2.83. The molecule has 3 atom stereocenters. The summed E-state index contributed by atoms with van der Waals surface area (Å²) >= 11 is 19.3. The highest BCUT2D eigenvalue weighted by molar-refractivity contribution is 6.52. The fourth-order valence-electron chi connectivity index (χ4n) is 3.21. The molecular formula is C12H16Cl3N3O. The molecule has 1 N–H and O–H groups in total. The lowest BCUT2D eigenvalue weighted by Crippen LogP contribution is -2.54. The van der Waals surface area contributed by atoms with Crippen molar-refractivity contribution in [2.45, 2.75) is 48.0 Å². The summed E-state index contributed by atoms with van der Waals surface area (Å²) in [5.41, 5.74) is -1.87. The molecule has 0 aromatic carbocycles. The van der Waals surface area contributed by atoms with E-state index < -0.39 is 20.2 Å². The molecule has 7 heteroatoms. The third-order valence-corrected chi connectivity index (χ3v) is 7.30. The topological polar surface area (TPSA) is 50.9 Å². The second-order valence-corrected chi connectivity index (χ2v) is 8.07. The van der Waals surface area contributed by atoms with Gasteiger partial charge in [0.25, 0.3) is 0 Å². The summed E-state index contributed by atoms with van der Waals surface area (Å²) in [6.45, 7) is 4.09. The average molecular weight is 325 g/mol. The summed E-state index contributed by atoms with van der Waals surface area (Å²) in [7, 11) is 0. The Morgan fingerprint density at radius 3 is 2.37 bits per heavy atom. The van der Waals surface area contributed by atoms with Gasteiger partial charge in [0, 0.05) is 11.3 Å². The van der Waals surface area contributed by atoms with E-state index >= 15 is 0 Å². The van der Waals surface area contributed by atoms with E-state index in [9.17, 15) is 5.11 Å². The first-order chi connectivity index (χ1) is 8.69. The van der Waals surface area contributed by atoms with Gasteiger partial charge in [-0.15, -0.1) is 34.8 Å². The van der Waals surface area contributed by atoms with Crippen LogP contribution in [0.3, 0.4) is 0 Å². The fraction of sp³-hybridized carbons (Fsp3) is 0.833. The van der Waals surface area contributed by atoms with Crippen LogP contribution in [0.15, 0.2) is 12.7 Å². The van der Waals surface area contributed by atoms with Crippen LogP contribution in [-0.2, 0) is 6.54 Å². The minimum absolute atomic E-state index is 0.0342. The first-order valence-corrected chi connectivity index (χ1v) is 7.44. The maximum Gasteiger partial charge on any atom is 0.137 e. The molecule has 2 aliphatic rings. The predicted molar refractivity (Wildman–Crippen MR) is 74.5 cm³/mol. The quantitative estimate of drug-likeness (QED) is 0.866. The molecule has 3 unspecified atom stereocenters. The van der Waals surface area contributed by atoms with E-state index in [0.717, 1.165) is 12.8 Å². The van der Waals surface area contributed by atoms with Crippen molar-refractivity contribution in [2.75, 3.05) is 0 Å². The van der Waals surface area contributed by atoms with Gasteiger partial charge in [0.1, 0.15) is 22.6 Å². The molecular weight excluding hydrogens is 309 g/mol. The lowest BCUT2D eigenvalue weighted by Gasteiger charge is -2.40. The van der Waals surface area contributed by atoms with E-state index in [1.165, 1.54) is 6.33 Å². The number of aliphatic hydroxyl groups is 1. The third-order valence-electron chi connectivity index (χ3n) is 5.17. The Morgan fingerprint density at radius 2 is 2.00 bits per heavy atom. The number of halogens is 3. The van der Waals surface area contributed by atoms with Crippen LogP contribution in [0.25, 0.3) is 0 Å². The molecule has 0 saturated heterocycles. The SMILES string of the molecule is CC1C(Cl)(Cl)C1(C)C(O)(Cn1cncn1)C1(Cl)CC1. The second-order valence-electron chi connectivity index (χ2n) is 5.97. The van der Waals surface area contributed by atoms with E-state index in [1.54, 1.807) is 11.0 Å². The van der Waals surface area contributed by atoms with Crippen molar-refractivity contribution in [2.24, 2.45) is 11.3 Å². The van der Waals surface area contributed by atoms with Crippen molar-refractivity contribution in [3.05, 3.63) is 12.7 Å². The highest BCUT2D eigenvalue weighted by atomic mass is 35.5. The lowest BCUT2D eigenvalue weighted by atomic mass is 9.79. The van der Waals surface area contributed by atoms with Gasteiger partial charge in [-0.25, -0.2) is 9.67 Å². The molecule has 0 radical (unpaired) electrons. The zero-order valence-corrected chi connectivity index (χ0v) is 13.0. The van der Waals surface area contributed by atoms with Crippen LogP contribution in [0, 0.1) is 11.3 Å². The first-order valence-electron chi connectivity index (χ1n) is 6.30. The van der Waals surface area contributed by atoms with Gasteiger partial charge in [0.15, 0.2) is 0 Å². The van der Waals surface area contributed by atoms with Gasteiger partial charge in [0.2, 0.25) is 0 Å². The van der Waals surface area contributed by atoms with Crippen LogP contribution >= 0.6 is 34.8 Å². The molecule has 1 aromatic rings. The van der Waals surface area contributed by atoms with Crippen LogP contribution in [0.4, 0.5) is 0 Å². The Morgan fingerprint density at radius 1 is 1.42 bits per heavy atom. The van der Waals surface area contributed by atoms with E-state index in [4.69, 9.17) is 34.8 Å². The normalized spacial score (nSPS) is 37.7. The van der Waals surface area contributed by atoms with Gasteiger partial charge in [-0.3, -0.25) is 0 Å². The summed E-state index contributed by atoms with van der Waals surface area (Å²) in [6, 6.07) is 0. The van der Waals surface area contributed by atoms with Crippen molar-refractivity contribution in [3.8, 4) is 0 Å². The van der Waals surface area contributed by atoms with Crippen LogP contribution in [-0.4, -0.2) is 34.7 Å². The molecule has 0 bridgehead atoms. The van der Waals surface area contributed by atoms with Crippen LogP contribution < -0.4 is 0 Å². The molecule has 4 nitrogen and oxygen atoms in total. The van der Waals surface area contributed by atoms with Gasteiger partial charge in [-0.2, -0.15) is 5.10 Å². The molecule has 0 spiro atoms. The number of nitrogens with zero attached hydrogens (tertiary/aromatic N) is 3. The zero-order chi connectivity index (χ0) is 14.1. The first kappa shape index (κ1) is 13.9. The summed E-state index contributed by atoms with van der Waals surface area (Å²) in [6.07, 6.45) is 4.51. The van der Waals surface area contributed by atoms with Crippen molar-refractivity contribution in [3.63, 3.8) is 0 Å². The molecule has 106 valence electrons. The lowest BCUT2D eigenvalue weighted by molar-refractivity contribution is -0.0602. The predicted octanol–water partition coefficient (Wildman–Crippen LogP) is 2.61. The summed E-state index contributed by atoms with van der Waals surface area (Å²) in [4.78, 5) is 3.23. The van der Waals surface area contributed by atoms with Crippen molar-refractivity contribution >= 4 is 34.8 Å². The molecule has 0 amide bonds. The van der Waals surface area contributed by atoms with Crippen molar-refractivity contribution in [1.29, 1.82) is 0 Å². The van der Waals surface area contributed by atoms with Gasteiger partial charge in [-0.05, 0) is 12.8 Å². The molecule has 2 fully saturated rings. The molecule has 19 heavy (non-hydrogen) atoms. The van der Waals surface area contributed by atoms with Crippen molar-refractivity contribution < 1.29 is 5.11 Å². The van der Waals surface area contributed by atoms with Crippen LogP contribution in [0.5, 0.6) is 0 Å². The smallest absolute Gasteiger partial charge is 0.137 e. The average Bonchev–Trinajstić information content (AvgIpc) is 3.04. The Kier molecular flexibility index (Phi) is 2.78. The van der Waals surface area contributed by atoms with Crippen LogP contribution in [0.1, 0.15) is 26.7 Å². The highest BCUT2D eigenvalue weighted by Crippen LogP contribution is 2.77. The second kappa shape index (κ2) is 3.79. The van der Waals surface area contributed by atoms with Gasteiger partial charge in [-0.1, -0.05) is 13.8 Å². The van der Waals surface area contributed by atoms with Gasteiger partial charge in [0.05, 0.1) is 11.4 Å². The molecule has 3 rings (SSSR count). The van der Waals surface area contributed by atoms with E-state index in [1.807, 2.05) is 13.8 Å². The summed E-state index contributed by atoms with van der Waals surface area (Å²) < 4.78 is 0.620. The van der Waals surface area contributed by atoms with Crippen LogP contribution in [0.2, 0.25) is 0 Å². The molecule has 2 saturated carbocycles. The Balaban J connectivity index is 2.00. The zero-order valence-electron chi connectivity index (χ0n) is 10.8. The third kappa shape index (κ3) is 1.57. The molecule has 1 aromatic heterocycles. The van der Waals surface area contributed by atoms with E-state index in [2.05, 4.69) is 10.1 Å². The molecule has 2 aliphatic carbocycles. The summed E-state index contributed by atoms with van der Waals surface area (Å²) in [5, 5.41) is 15.4. The Hall–Kier alpha value is -0.0300. The minimum atomic E-state index is -1.21. The standard InChI is InChI=1S/C12H16Cl3N3O/c1-8-9(2,12(8,14)15)11(19,10(13)3-4-10)5-18-7-16-6-17-18/h6-8,19H,3-5H2,1-2H3. The number of alkyl halides is 3. The molecule has 1 heterocycles. The largest absolute Gasteiger partial charge is 0.385 e. The number of rotatable bonds is 4. The number of hydrogen-bond donors (Lipinski definition) is 1. The Labute approximate surface area is 127 Å². The fourth-order valence-corrected chi connectivity index (χ4v) is 4.53. The maximum atomic E-state index is 11.3. The minimum Gasteiger partial charge on any atom is -0.385 e. The van der Waals surface area contributed by atoms with Crippen molar-refractivity contribution in [1.82, 2.24) is 14.8 Å². The number of hydrogen-bond acceptors (Lipinski definition) is 3. The maximum absolute atomic E-state index is 11.3.